The number of anilines is 1. The maximum absolute atomic E-state index is 13.0. The van der Waals surface area contributed by atoms with E-state index in [9.17, 15) is 4.39 Å². The third-order valence-corrected chi connectivity index (χ3v) is 4.75. The summed E-state index contributed by atoms with van der Waals surface area (Å²) in [6.45, 7) is 3.43. The van der Waals surface area contributed by atoms with Crippen molar-refractivity contribution in [2.24, 2.45) is 5.73 Å². The van der Waals surface area contributed by atoms with Crippen LogP contribution >= 0.6 is 27.3 Å². The Bertz CT molecular complexity index is 526. The molecule has 0 saturated carbocycles. The van der Waals surface area contributed by atoms with Crippen LogP contribution in [0.1, 0.15) is 17.8 Å². The summed E-state index contributed by atoms with van der Waals surface area (Å²) < 4.78 is 14.1. The Morgan fingerprint density at radius 2 is 1.95 bits per heavy atom. The lowest BCUT2D eigenvalue weighted by atomic mass is 10.1. The van der Waals surface area contributed by atoms with Crippen LogP contribution in [0.2, 0.25) is 0 Å². The van der Waals surface area contributed by atoms with E-state index in [0.29, 0.717) is 6.54 Å². The van der Waals surface area contributed by atoms with E-state index in [4.69, 9.17) is 5.73 Å². The van der Waals surface area contributed by atoms with Crippen LogP contribution in [-0.2, 0) is 0 Å². The van der Waals surface area contributed by atoms with Gasteiger partial charge in [-0.15, -0.1) is 11.3 Å². The Morgan fingerprint density at radius 1 is 1.26 bits per heavy atom. The Balaban J connectivity index is 2.31. The Morgan fingerprint density at radius 3 is 2.42 bits per heavy atom. The van der Waals surface area contributed by atoms with Crippen LogP contribution in [0.5, 0.6) is 0 Å². The first-order chi connectivity index (χ1) is 9.15. The lowest BCUT2D eigenvalue weighted by molar-refractivity contribution is 0.624. The molecule has 0 radical (unpaired) electrons. The number of halogens is 2. The van der Waals surface area contributed by atoms with E-state index < -0.39 is 0 Å². The molecule has 1 unspecified atom stereocenters. The van der Waals surface area contributed by atoms with Gasteiger partial charge in [0.2, 0.25) is 0 Å². The topological polar surface area (TPSA) is 29.3 Å². The summed E-state index contributed by atoms with van der Waals surface area (Å²) in [7, 11) is 0. The lowest BCUT2D eigenvalue weighted by Crippen LogP contribution is -2.33. The van der Waals surface area contributed by atoms with Crippen molar-refractivity contribution in [3.8, 4) is 0 Å². The molecule has 0 saturated heterocycles. The van der Waals surface area contributed by atoms with Gasteiger partial charge in [-0.25, -0.2) is 4.39 Å². The molecule has 2 N–H and O–H groups in total. The van der Waals surface area contributed by atoms with Gasteiger partial charge in [0.05, 0.1) is 9.83 Å². The van der Waals surface area contributed by atoms with Crippen molar-refractivity contribution in [2.75, 3.05) is 18.0 Å². The first kappa shape index (κ1) is 14.5. The van der Waals surface area contributed by atoms with E-state index >= 15 is 0 Å². The van der Waals surface area contributed by atoms with Crippen LogP contribution in [0, 0.1) is 5.82 Å². The molecule has 0 fully saturated rings. The highest BCUT2D eigenvalue weighted by Gasteiger charge is 2.19. The van der Waals surface area contributed by atoms with Gasteiger partial charge in [-0.2, -0.15) is 0 Å². The number of benzene rings is 1. The summed E-state index contributed by atoms with van der Waals surface area (Å²) in [5.74, 6) is -0.219. The molecule has 0 amide bonds. The second kappa shape index (κ2) is 6.50. The van der Waals surface area contributed by atoms with Crippen LogP contribution in [-0.4, -0.2) is 13.1 Å². The zero-order valence-corrected chi connectivity index (χ0v) is 13.0. The average molecular weight is 343 g/mol. The van der Waals surface area contributed by atoms with Gasteiger partial charge in [0, 0.05) is 23.7 Å². The molecule has 2 aromatic rings. The fourth-order valence-corrected chi connectivity index (χ4v) is 3.67. The van der Waals surface area contributed by atoms with Gasteiger partial charge in [-0.05, 0) is 59.3 Å². The monoisotopic (exact) mass is 342 g/mol. The van der Waals surface area contributed by atoms with E-state index in [2.05, 4.69) is 33.8 Å². The number of likely N-dealkylation sites (N-methyl/N-ethyl adjacent to an activating group) is 1. The quantitative estimate of drug-likeness (QED) is 0.883. The van der Waals surface area contributed by atoms with Crippen LogP contribution in [0.4, 0.5) is 10.1 Å². The van der Waals surface area contributed by atoms with Crippen molar-refractivity contribution >= 4 is 33.0 Å². The zero-order chi connectivity index (χ0) is 13.8. The minimum Gasteiger partial charge on any atom is -0.363 e. The first-order valence-corrected chi connectivity index (χ1v) is 7.74. The molecule has 0 aliphatic rings. The number of nitrogens with zero attached hydrogens (tertiary/aromatic N) is 1. The number of hydrogen-bond acceptors (Lipinski definition) is 3. The predicted molar refractivity (Wildman–Crippen MR) is 83.2 cm³/mol. The van der Waals surface area contributed by atoms with Crippen LogP contribution in [0.3, 0.4) is 0 Å². The maximum Gasteiger partial charge on any atom is 0.123 e. The molecule has 0 aliphatic heterocycles. The van der Waals surface area contributed by atoms with Gasteiger partial charge in [0.25, 0.3) is 0 Å². The van der Waals surface area contributed by atoms with E-state index in [1.807, 2.05) is 6.07 Å². The van der Waals surface area contributed by atoms with E-state index in [1.54, 1.807) is 23.5 Å². The highest BCUT2D eigenvalue weighted by molar-refractivity contribution is 9.11. The first-order valence-electron chi connectivity index (χ1n) is 6.13. The molecule has 1 atom stereocenters. The molecule has 2 rings (SSSR count). The van der Waals surface area contributed by atoms with Crippen molar-refractivity contribution in [3.05, 3.63) is 50.9 Å². The molecule has 5 heteroatoms. The second-order valence-electron chi connectivity index (χ2n) is 4.16. The van der Waals surface area contributed by atoms with Gasteiger partial charge >= 0.3 is 0 Å². The molecule has 2 nitrogen and oxygen atoms in total. The number of nitrogens with two attached hydrogens (primary N) is 1. The molecular formula is C14H16BrFN2S. The summed E-state index contributed by atoms with van der Waals surface area (Å²) in [4.78, 5) is 3.40. The van der Waals surface area contributed by atoms with Gasteiger partial charge in [0.15, 0.2) is 0 Å². The standard InChI is InChI=1S/C14H16BrFN2S/c1-2-18(11-5-3-10(16)4-6-11)12(9-17)13-7-8-14(15)19-13/h3-8,12H,2,9,17H2,1H3. The van der Waals surface area contributed by atoms with Crippen LogP contribution < -0.4 is 10.6 Å². The molecule has 0 aliphatic carbocycles. The smallest absolute Gasteiger partial charge is 0.123 e. The molecule has 1 aromatic carbocycles. The Labute approximate surface area is 125 Å². The fraction of sp³-hybridized carbons (Fsp3) is 0.286. The van der Waals surface area contributed by atoms with Crippen LogP contribution in [0.15, 0.2) is 40.2 Å². The van der Waals surface area contributed by atoms with Crippen molar-refractivity contribution in [1.29, 1.82) is 0 Å². The molecule has 1 aromatic heterocycles. The summed E-state index contributed by atoms with van der Waals surface area (Å²) in [6.07, 6.45) is 0. The third kappa shape index (κ3) is 3.35. The predicted octanol–water partition coefficient (Wildman–Crippen LogP) is 4.18. The average Bonchev–Trinajstić information content (AvgIpc) is 2.83. The summed E-state index contributed by atoms with van der Waals surface area (Å²) in [6, 6.07) is 10.8. The molecule has 0 spiro atoms. The lowest BCUT2D eigenvalue weighted by Gasteiger charge is -2.31. The van der Waals surface area contributed by atoms with E-state index in [0.717, 1.165) is 16.0 Å². The Kier molecular flexibility index (Phi) is 4.96. The molecular weight excluding hydrogens is 327 g/mol. The minimum absolute atomic E-state index is 0.117. The van der Waals surface area contributed by atoms with Gasteiger partial charge in [-0.1, -0.05) is 0 Å². The molecule has 0 bridgehead atoms. The number of thiophene rings is 1. The van der Waals surface area contributed by atoms with Gasteiger partial charge in [0.1, 0.15) is 5.82 Å². The highest BCUT2D eigenvalue weighted by Crippen LogP contribution is 2.32. The zero-order valence-electron chi connectivity index (χ0n) is 10.6. The SMILES string of the molecule is CCN(c1ccc(F)cc1)C(CN)c1ccc(Br)s1. The van der Waals surface area contributed by atoms with E-state index in [-0.39, 0.29) is 11.9 Å². The van der Waals surface area contributed by atoms with Crippen molar-refractivity contribution in [3.63, 3.8) is 0 Å². The maximum atomic E-state index is 13.0. The second-order valence-corrected chi connectivity index (χ2v) is 6.65. The molecule has 19 heavy (non-hydrogen) atoms. The van der Waals surface area contributed by atoms with E-state index in [1.165, 1.54) is 17.0 Å². The normalized spacial score (nSPS) is 12.4. The number of rotatable bonds is 5. The molecule has 102 valence electrons. The van der Waals surface area contributed by atoms with Crippen molar-refractivity contribution in [2.45, 2.75) is 13.0 Å². The van der Waals surface area contributed by atoms with Crippen molar-refractivity contribution < 1.29 is 4.39 Å². The summed E-state index contributed by atoms with van der Waals surface area (Å²) >= 11 is 5.16. The third-order valence-electron chi connectivity index (χ3n) is 3.02. The van der Waals surface area contributed by atoms with Gasteiger partial charge < -0.3 is 10.6 Å². The summed E-state index contributed by atoms with van der Waals surface area (Å²) in [5, 5.41) is 0. The molecule has 1 heterocycles. The highest BCUT2D eigenvalue weighted by atomic mass is 79.9. The summed E-state index contributed by atoms with van der Waals surface area (Å²) in [5.41, 5.74) is 6.92. The van der Waals surface area contributed by atoms with Crippen LogP contribution in [0.25, 0.3) is 0 Å². The largest absolute Gasteiger partial charge is 0.363 e. The Hall–Kier alpha value is -0.910. The van der Waals surface area contributed by atoms with Gasteiger partial charge in [-0.3, -0.25) is 0 Å². The fourth-order valence-electron chi connectivity index (χ4n) is 2.12. The van der Waals surface area contributed by atoms with Crippen molar-refractivity contribution in [1.82, 2.24) is 0 Å². The minimum atomic E-state index is -0.219. The number of hydrogen-bond donors (Lipinski definition) is 1.